The van der Waals surface area contributed by atoms with Gasteiger partial charge in [-0.1, -0.05) is 50.0 Å². The number of hydrogen-bond acceptors (Lipinski definition) is 2. The Hall–Kier alpha value is -1.91. The Morgan fingerprint density at radius 3 is 2.54 bits per heavy atom. The second-order valence-corrected chi connectivity index (χ2v) is 13.2. The van der Waals surface area contributed by atoms with Crippen LogP contribution in [0.25, 0.3) is 22.3 Å². The van der Waals surface area contributed by atoms with Crippen LogP contribution >= 0.6 is 0 Å². The first-order valence-corrected chi connectivity index (χ1v) is 12.2. The van der Waals surface area contributed by atoms with Gasteiger partial charge in [-0.25, -0.2) is 4.98 Å². The van der Waals surface area contributed by atoms with Crippen LogP contribution in [0.3, 0.4) is 0 Å². The van der Waals surface area contributed by atoms with Gasteiger partial charge in [0, 0.05) is 26.3 Å². The van der Waals surface area contributed by atoms with E-state index in [2.05, 4.69) is 72.5 Å². The zero-order chi connectivity index (χ0) is 17.2. The molecule has 2 aromatic heterocycles. The highest BCUT2D eigenvalue weighted by molar-refractivity contribution is 6.76. The third-order valence-electron chi connectivity index (χ3n) is 4.30. The number of fused-ring (bicyclic) bond motifs is 1. The third-order valence-corrected chi connectivity index (χ3v) is 6.01. The van der Waals surface area contributed by atoms with Crippen LogP contribution in [0.4, 0.5) is 0 Å². The van der Waals surface area contributed by atoms with Gasteiger partial charge in [0.05, 0.1) is 5.69 Å². The Bertz CT molecular complexity index is 819. The number of aromatic nitrogens is 2. The van der Waals surface area contributed by atoms with Gasteiger partial charge in [0.25, 0.3) is 0 Å². The molecule has 0 aliphatic rings. The van der Waals surface area contributed by atoms with E-state index < -0.39 is 8.07 Å². The van der Waals surface area contributed by atoms with Crippen LogP contribution in [-0.2, 0) is 11.5 Å². The summed E-state index contributed by atoms with van der Waals surface area (Å²) in [6.07, 6.45) is 1.88. The normalized spacial score (nSPS) is 12.0. The van der Waals surface area contributed by atoms with E-state index in [1.165, 1.54) is 28.3 Å². The lowest BCUT2D eigenvalue weighted by atomic mass is 10.1. The molecule has 0 radical (unpaired) electrons. The molecule has 0 spiro atoms. The first-order chi connectivity index (χ1) is 11.5. The number of rotatable bonds is 6. The van der Waals surface area contributed by atoms with E-state index in [1.54, 1.807) is 0 Å². The fourth-order valence-electron chi connectivity index (χ4n) is 2.79. The largest absolute Gasteiger partial charge is 0.361 e. The van der Waals surface area contributed by atoms with Crippen LogP contribution in [0.1, 0.15) is 5.56 Å². The van der Waals surface area contributed by atoms with Gasteiger partial charge in [0.1, 0.15) is 12.4 Å². The molecule has 4 heteroatoms. The van der Waals surface area contributed by atoms with Crippen molar-refractivity contribution >= 4 is 19.1 Å². The maximum absolute atomic E-state index is 6.02. The average molecular weight is 339 g/mol. The van der Waals surface area contributed by atoms with Crippen molar-refractivity contribution in [1.29, 1.82) is 0 Å². The highest BCUT2D eigenvalue weighted by Crippen LogP contribution is 2.29. The van der Waals surface area contributed by atoms with E-state index >= 15 is 0 Å². The first kappa shape index (κ1) is 16.9. The van der Waals surface area contributed by atoms with Crippen LogP contribution in [-0.4, -0.2) is 24.2 Å². The highest BCUT2D eigenvalue weighted by Gasteiger charge is 2.15. The summed E-state index contributed by atoms with van der Waals surface area (Å²) in [6.45, 7) is 10.6. The van der Waals surface area contributed by atoms with E-state index in [0.29, 0.717) is 6.73 Å². The van der Waals surface area contributed by atoms with Crippen molar-refractivity contribution in [2.24, 2.45) is 0 Å². The fraction of sp³-hybridized carbons (Fsp3) is 0.350. The molecule has 0 saturated carbocycles. The smallest absolute Gasteiger partial charge is 0.142 e. The zero-order valence-corrected chi connectivity index (χ0v) is 16.0. The van der Waals surface area contributed by atoms with Gasteiger partial charge < -0.3 is 9.30 Å². The average Bonchev–Trinajstić information content (AvgIpc) is 2.92. The first-order valence-electron chi connectivity index (χ1n) is 8.54. The minimum atomic E-state index is -1.07. The summed E-state index contributed by atoms with van der Waals surface area (Å²) in [5.41, 5.74) is 4.61. The molecule has 24 heavy (non-hydrogen) atoms. The Kier molecular flexibility index (Phi) is 4.87. The van der Waals surface area contributed by atoms with E-state index in [-0.39, 0.29) is 0 Å². The van der Waals surface area contributed by atoms with Crippen molar-refractivity contribution in [2.45, 2.75) is 39.3 Å². The van der Waals surface area contributed by atoms with E-state index in [1.807, 2.05) is 12.3 Å². The summed E-state index contributed by atoms with van der Waals surface area (Å²) >= 11 is 0. The number of hydrogen-bond donors (Lipinski definition) is 0. The number of aryl methyl sites for hydroxylation is 1. The number of ether oxygens (including phenoxy) is 1. The van der Waals surface area contributed by atoms with Gasteiger partial charge in [-0.05, 0) is 36.2 Å². The molecule has 3 aromatic rings. The summed E-state index contributed by atoms with van der Waals surface area (Å²) in [6, 6.07) is 15.9. The zero-order valence-electron chi connectivity index (χ0n) is 15.0. The molecule has 2 heterocycles. The van der Waals surface area contributed by atoms with Gasteiger partial charge in [0.2, 0.25) is 0 Å². The molecule has 3 nitrogen and oxygen atoms in total. The van der Waals surface area contributed by atoms with Gasteiger partial charge in [-0.15, -0.1) is 0 Å². The topological polar surface area (TPSA) is 27.1 Å². The summed E-state index contributed by atoms with van der Waals surface area (Å²) < 4.78 is 8.22. The molecule has 0 atom stereocenters. The maximum atomic E-state index is 6.02. The molecule has 0 fully saturated rings. The Morgan fingerprint density at radius 1 is 1.08 bits per heavy atom. The van der Waals surface area contributed by atoms with E-state index in [4.69, 9.17) is 4.74 Å². The molecule has 0 amide bonds. The SMILES string of the molecule is Cc1ccnc2c1cc(-c1ccccc1)n2COCC[Si](C)(C)C. The lowest BCUT2D eigenvalue weighted by Gasteiger charge is -2.16. The molecule has 126 valence electrons. The Morgan fingerprint density at radius 2 is 1.83 bits per heavy atom. The molecule has 3 rings (SSSR count). The second kappa shape index (κ2) is 6.91. The van der Waals surface area contributed by atoms with Gasteiger partial charge in [-0.3, -0.25) is 0 Å². The van der Waals surface area contributed by atoms with Crippen molar-refractivity contribution in [2.75, 3.05) is 6.61 Å². The highest BCUT2D eigenvalue weighted by atomic mass is 28.3. The molecule has 0 aliphatic heterocycles. The fourth-order valence-corrected chi connectivity index (χ4v) is 3.55. The molecule has 0 unspecified atom stereocenters. The van der Waals surface area contributed by atoms with Gasteiger partial charge >= 0.3 is 0 Å². The number of nitrogens with zero attached hydrogens (tertiary/aromatic N) is 2. The predicted octanol–water partition coefficient (Wildman–Crippen LogP) is 5.32. The minimum absolute atomic E-state index is 0.550. The summed E-state index contributed by atoms with van der Waals surface area (Å²) in [5, 5.41) is 1.20. The summed E-state index contributed by atoms with van der Waals surface area (Å²) in [7, 11) is -1.07. The predicted molar refractivity (Wildman–Crippen MR) is 104 cm³/mol. The van der Waals surface area contributed by atoms with E-state index in [0.717, 1.165) is 12.3 Å². The van der Waals surface area contributed by atoms with Crippen molar-refractivity contribution in [3.05, 3.63) is 54.2 Å². The lowest BCUT2D eigenvalue weighted by Crippen LogP contribution is -2.22. The van der Waals surface area contributed by atoms with Crippen LogP contribution in [0.15, 0.2) is 48.7 Å². The van der Waals surface area contributed by atoms with Crippen molar-refractivity contribution in [3.63, 3.8) is 0 Å². The van der Waals surface area contributed by atoms with Crippen LogP contribution in [0, 0.1) is 6.92 Å². The van der Waals surface area contributed by atoms with Crippen molar-refractivity contribution in [1.82, 2.24) is 9.55 Å². The van der Waals surface area contributed by atoms with Gasteiger partial charge in [-0.2, -0.15) is 0 Å². The second-order valence-electron chi connectivity index (χ2n) is 7.54. The summed E-state index contributed by atoms with van der Waals surface area (Å²) in [4.78, 5) is 4.61. The monoisotopic (exact) mass is 338 g/mol. The Labute approximate surface area is 145 Å². The van der Waals surface area contributed by atoms with Gasteiger partial charge in [0.15, 0.2) is 0 Å². The van der Waals surface area contributed by atoms with Crippen LogP contribution in [0.2, 0.25) is 25.7 Å². The molecule has 0 saturated heterocycles. The summed E-state index contributed by atoms with van der Waals surface area (Å²) in [5.74, 6) is 0. The Balaban J connectivity index is 1.93. The molecule has 0 aliphatic carbocycles. The molecular weight excluding hydrogens is 312 g/mol. The van der Waals surface area contributed by atoms with Crippen molar-refractivity contribution < 1.29 is 4.74 Å². The molecule has 0 N–H and O–H groups in total. The third kappa shape index (κ3) is 3.76. The maximum Gasteiger partial charge on any atom is 0.142 e. The lowest BCUT2D eigenvalue weighted by molar-refractivity contribution is 0.0909. The van der Waals surface area contributed by atoms with Crippen molar-refractivity contribution in [3.8, 4) is 11.3 Å². The number of pyridine rings is 1. The van der Waals surface area contributed by atoms with Crippen LogP contribution < -0.4 is 0 Å². The van der Waals surface area contributed by atoms with Crippen LogP contribution in [0.5, 0.6) is 0 Å². The number of benzene rings is 1. The molecular formula is C20H26N2OSi. The molecule has 1 aromatic carbocycles. The molecule has 0 bridgehead atoms. The van der Waals surface area contributed by atoms with E-state index in [9.17, 15) is 0 Å². The standard InChI is InChI=1S/C20H26N2OSi/c1-16-10-11-21-20-18(16)14-19(17-8-6-5-7-9-17)22(20)15-23-12-13-24(2,3)4/h5-11,14H,12-13,15H2,1-4H3. The minimum Gasteiger partial charge on any atom is -0.361 e. The quantitative estimate of drug-likeness (QED) is 0.449.